The molecule has 174 valence electrons. The molecule has 1 amide bonds. The molecule has 5 nitrogen and oxygen atoms in total. The molecule has 1 saturated heterocycles. The molecule has 1 aliphatic heterocycles. The maximum Gasteiger partial charge on any atom is 0.416 e. The first-order valence-corrected chi connectivity index (χ1v) is 10.2. The highest BCUT2D eigenvalue weighted by molar-refractivity contribution is 6.46. The lowest BCUT2D eigenvalue weighted by Gasteiger charge is -2.25. The number of aryl methyl sites for hydroxylation is 1. The summed E-state index contributed by atoms with van der Waals surface area (Å²) >= 11 is 0. The number of amides is 1. The van der Waals surface area contributed by atoms with Crippen LogP contribution < -0.4 is 0 Å². The Hall–Kier alpha value is -4.01. The summed E-state index contributed by atoms with van der Waals surface area (Å²) in [6.07, 6.45) is -1.71. The molecule has 0 bridgehead atoms. The van der Waals surface area contributed by atoms with Crippen LogP contribution >= 0.6 is 0 Å². The van der Waals surface area contributed by atoms with Gasteiger partial charge in [-0.3, -0.25) is 14.6 Å². The number of halogens is 4. The van der Waals surface area contributed by atoms with Gasteiger partial charge in [0.15, 0.2) is 0 Å². The second-order valence-electron chi connectivity index (χ2n) is 7.87. The third-order valence-electron chi connectivity index (χ3n) is 5.60. The number of alkyl halides is 3. The molecule has 34 heavy (non-hydrogen) atoms. The monoisotopic (exact) mass is 470 g/mol. The highest BCUT2D eigenvalue weighted by atomic mass is 19.4. The largest absolute Gasteiger partial charge is 0.507 e. The minimum atomic E-state index is -4.57. The van der Waals surface area contributed by atoms with Gasteiger partial charge in [-0.2, -0.15) is 13.2 Å². The molecule has 1 aliphatic rings. The van der Waals surface area contributed by atoms with E-state index in [-0.39, 0.29) is 28.8 Å². The van der Waals surface area contributed by atoms with Crippen molar-refractivity contribution in [3.63, 3.8) is 0 Å². The molecule has 2 aromatic carbocycles. The summed E-state index contributed by atoms with van der Waals surface area (Å²) in [5.41, 5.74) is -0.175. The standard InChI is InChI=1S/C25H18F4N2O3/c1-14-11-17(5-6-19(14)26)22(32)20-21(16-7-9-30-10-8-16)31(24(34)23(20)33)13-15-3-2-4-18(12-15)25(27,28)29/h2-12,21,32H,13H2,1H3/b22-20+. The molecule has 9 heteroatoms. The molecule has 1 unspecified atom stereocenters. The van der Waals surface area contributed by atoms with Gasteiger partial charge in [0.05, 0.1) is 17.2 Å². The minimum absolute atomic E-state index is 0.134. The molecular formula is C25H18F4N2O3. The summed E-state index contributed by atoms with van der Waals surface area (Å²) in [6, 6.07) is 10.2. The number of pyridine rings is 1. The van der Waals surface area contributed by atoms with Crippen LogP contribution in [0.2, 0.25) is 0 Å². The molecular weight excluding hydrogens is 452 g/mol. The van der Waals surface area contributed by atoms with Crippen molar-refractivity contribution in [1.82, 2.24) is 9.88 Å². The van der Waals surface area contributed by atoms with E-state index >= 15 is 0 Å². The maximum atomic E-state index is 13.7. The second kappa shape index (κ2) is 8.74. The SMILES string of the molecule is Cc1cc(/C(O)=C2\C(=O)C(=O)N(Cc3cccc(C(F)(F)F)c3)C2c2ccncc2)ccc1F. The highest BCUT2D eigenvalue weighted by Crippen LogP contribution is 2.40. The van der Waals surface area contributed by atoms with Crippen LogP contribution in [0.25, 0.3) is 5.76 Å². The van der Waals surface area contributed by atoms with Crippen LogP contribution in [0.15, 0.2) is 72.6 Å². The predicted molar refractivity (Wildman–Crippen MR) is 115 cm³/mol. The number of nitrogens with zero attached hydrogens (tertiary/aromatic N) is 2. The molecule has 1 atom stereocenters. The Morgan fingerprint density at radius 2 is 1.76 bits per heavy atom. The molecule has 1 aromatic heterocycles. The molecule has 1 N–H and O–H groups in total. The van der Waals surface area contributed by atoms with Crippen molar-refractivity contribution >= 4 is 17.4 Å². The van der Waals surface area contributed by atoms with Crippen molar-refractivity contribution < 1.29 is 32.3 Å². The topological polar surface area (TPSA) is 70.5 Å². The van der Waals surface area contributed by atoms with Gasteiger partial charge in [-0.05, 0) is 66.1 Å². The average molecular weight is 470 g/mol. The van der Waals surface area contributed by atoms with E-state index in [1.165, 1.54) is 43.6 Å². The van der Waals surface area contributed by atoms with E-state index in [1.54, 1.807) is 12.1 Å². The third-order valence-corrected chi connectivity index (χ3v) is 5.60. The summed E-state index contributed by atoms with van der Waals surface area (Å²) in [4.78, 5) is 31.0. The smallest absolute Gasteiger partial charge is 0.416 e. The molecule has 2 heterocycles. The number of rotatable bonds is 4. The van der Waals surface area contributed by atoms with Crippen LogP contribution in [0.4, 0.5) is 17.6 Å². The zero-order valence-corrected chi connectivity index (χ0v) is 17.8. The minimum Gasteiger partial charge on any atom is -0.507 e. The van der Waals surface area contributed by atoms with Crippen LogP contribution in [-0.4, -0.2) is 26.7 Å². The Kier molecular flexibility index (Phi) is 5.95. The van der Waals surface area contributed by atoms with Crippen molar-refractivity contribution in [2.75, 3.05) is 0 Å². The fourth-order valence-corrected chi connectivity index (χ4v) is 3.93. The summed E-state index contributed by atoms with van der Waals surface area (Å²) in [5.74, 6) is -2.98. The van der Waals surface area contributed by atoms with Crippen LogP contribution in [0, 0.1) is 12.7 Å². The van der Waals surface area contributed by atoms with E-state index in [0.29, 0.717) is 5.56 Å². The fraction of sp³-hybridized carbons (Fsp3) is 0.160. The quantitative estimate of drug-likeness (QED) is 0.247. The Balaban J connectivity index is 1.83. The third kappa shape index (κ3) is 4.28. The molecule has 3 aromatic rings. The summed E-state index contributed by atoms with van der Waals surface area (Å²) in [5, 5.41) is 11.0. The predicted octanol–water partition coefficient (Wildman–Crippen LogP) is 5.17. The van der Waals surface area contributed by atoms with E-state index < -0.39 is 41.0 Å². The average Bonchev–Trinajstić information content (AvgIpc) is 3.05. The zero-order valence-electron chi connectivity index (χ0n) is 17.8. The van der Waals surface area contributed by atoms with E-state index in [4.69, 9.17) is 0 Å². The number of Topliss-reactive ketones (excluding diaryl/α,β-unsaturated/α-hetero) is 1. The van der Waals surface area contributed by atoms with Crippen molar-refractivity contribution in [3.8, 4) is 0 Å². The number of aliphatic hydroxyl groups excluding tert-OH is 1. The van der Waals surface area contributed by atoms with E-state index in [0.717, 1.165) is 23.1 Å². The Bertz CT molecular complexity index is 1300. The highest BCUT2D eigenvalue weighted by Gasteiger charge is 2.46. The van der Waals surface area contributed by atoms with Gasteiger partial charge in [0.1, 0.15) is 11.6 Å². The van der Waals surface area contributed by atoms with Gasteiger partial charge >= 0.3 is 6.18 Å². The first kappa shape index (κ1) is 23.2. The number of carbonyl (C=O) groups excluding carboxylic acids is 2. The van der Waals surface area contributed by atoms with Crippen molar-refractivity contribution in [1.29, 1.82) is 0 Å². The van der Waals surface area contributed by atoms with Crippen LogP contribution in [0.3, 0.4) is 0 Å². The lowest BCUT2D eigenvalue weighted by atomic mass is 9.95. The van der Waals surface area contributed by atoms with E-state index in [1.807, 2.05) is 0 Å². The number of carbonyl (C=O) groups is 2. The van der Waals surface area contributed by atoms with Crippen molar-refractivity contribution in [2.45, 2.75) is 25.7 Å². The second-order valence-corrected chi connectivity index (χ2v) is 7.87. The van der Waals surface area contributed by atoms with Gasteiger partial charge in [-0.1, -0.05) is 12.1 Å². The first-order chi connectivity index (χ1) is 16.1. The molecule has 0 radical (unpaired) electrons. The lowest BCUT2D eigenvalue weighted by molar-refractivity contribution is -0.140. The zero-order chi connectivity index (χ0) is 24.6. The first-order valence-electron chi connectivity index (χ1n) is 10.2. The summed E-state index contributed by atoms with van der Waals surface area (Å²) in [6.45, 7) is 1.18. The normalized spacial score (nSPS) is 17.9. The number of hydrogen-bond acceptors (Lipinski definition) is 4. The van der Waals surface area contributed by atoms with Gasteiger partial charge in [0.2, 0.25) is 0 Å². The Labute approximate surface area is 192 Å². The molecule has 0 aliphatic carbocycles. The number of benzene rings is 2. The number of ketones is 1. The molecule has 4 rings (SSSR count). The number of aromatic nitrogens is 1. The van der Waals surface area contributed by atoms with Crippen molar-refractivity contribution in [3.05, 3.63) is 106 Å². The van der Waals surface area contributed by atoms with Gasteiger partial charge in [-0.15, -0.1) is 0 Å². The van der Waals surface area contributed by atoms with Gasteiger partial charge in [0.25, 0.3) is 11.7 Å². The Morgan fingerprint density at radius 1 is 1.06 bits per heavy atom. The maximum absolute atomic E-state index is 13.7. The Morgan fingerprint density at radius 3 is 2.41 bits per heavy atom. The lowest BCUT2D eigenvalue weighted by Crippen LogP contribution is -2.29. The van der Waals surface area contributed by atoms with Gasteiger partial charge in [0, 0.05) is 24.5 Å². The fourth-order valence-electron chi connectivity index (χ4n) is 3.93. The van der Waals surface area contributed by atoms with E-state index in [9.17, 15) is 32.3 Å². The molecule has 0 spiro atoms. The molecule has 0 saturated carbocycles. The van der Waals surface area contributed by atoms with Crippen LogP contribution in [0.1, 0.15) is 33.9 Å². The van der Waals surface area contributed by atoms with Crippen molar-refractivity contribution in [2.24, 2.45) is 0 Å². The van der Waals surface area contributed by atoms with E-state index in [2.05, 4.69) is 4.98 Å². The summed E-state index contributed by atoms with van der Waals surface area (Å²) < 4.78 is 53.2. The number of hydrogen-bond donors (Lipinski definition) is 1. The van der Waals surface area contributed by atoms with Gasteiger partial charge < -0.3 is 10.0 Å². The number of likely N-dealkylation sites (tertiary alicyclic amines) is 1. The summed E-state index contributed by atoms with van der Waals surface area (Å²) in [7, 11) is 0. The van der Waals surface area contributed by atoms with Crippen LogP contribution in [-0.2, 0) is 22.3 Å². The molecule has 1 fully saturated rings. The van der Waals surface area contributed by atoms with Crippen LogP contribution in [0.5, 0.6) is 0 Å². The van der Waals surface area contributed by atoms with Gasteiger partial charge in [-0.25, -0.2) is 4.39 Å². The number of aliphatic hydroxyl groups is 1.